The number of nitrogens with one attached hydrogen (secondary N) is 1. The second-order valence-corrected chi connectivity index (χ2v) is 4.83. The molecule has 1 aromatic heterocycles. The molecule has 6 nitrogen and oxygen atoms in total. The van der Waals surface area contributed by atoms with Gasteiger partial charge in [-0.2, -0.15) is 0 Å². The Balaban J connectivity index is 2.33. The molecule has 104 valence electrons. The minimum Gasteiger partial charge on any atom is -0.345 e. The van der Waals surface area contributed by atoms with Crippen molar-refractivity contribution in [2.45, 2.75) is 38.8 Å². The molecule has 1 fully saturated rings. The first-order chi connectivity index (χ1) is 9.17. The number of pyridine rings is 1. The van der Waals surface area contributed by atoms with Crippen molar-refractivity contribution >= 4 is 11.5 Å². The lowest BCUT2D eigenvalue weighted by molar-refractivity contribution is -0.384. The molecule has 0 amide bonds. The predicted molar refractivity (Wildman–Crippen MR) is 74.4 cm³/mol. The van der Waals surface area contributed by atoms with Gasteiger partial charge in [-0.3, -0.25) is 10.1 Å². The van der Waals surface area contributed by atoms with E-state index in [-0.39, 0.29) is 16.7 Å². The maximum Gasteiger partial charge on any atom is 0.311 e. The molecule has 0 spiro atoms. The average Bonchev–Trinajstić information content (AvgIpc) is 2.46. The fraction of sp³-hybridized carbons (Fsp3) is 0.615. The topological polar surface area (TPSA) is 71.3 Å². The van der Waals surface area contributed by atoms with Gasteiger partial charge >= 0.3 is 5.69 Å². The van der Waals surface area contributed by atoms with Gasteiger partial charge in [0.15, 0.2) is 0 Å². The second-order valence-electron chi connectivity index (χ2n) is 4.83. The Kier molecular flexibility index (Phi) is 4.31. The Bertz CT molecular complexity index is 452. The number of piperazine rings is 1. The molecule has 0 aromatic carbocycles. The van der Waals surface area contributed by atoms with Crippen LogP contribution in [0.5, 0.6) is 0 Å². The molecule has 2 unspecified atom stereocenters. The van der Waals surface area contributed by atoms with Gasteiger partial charge in [-0.1, -0.05) is 13.8 Å². The van der Waals surface area contributed by atoms with Gasteiger partial charge in [0.1, 0.15) is 0 Å². The SMILES string of the molecule is CCC1CN(c2ncccc2[N+](=O)[O-])C(CC)CN1. The molecular weight excluding hydrogens is 244 g/mol. The lowest BCUT2D eigenvalue weighted by atomic mass is 10.0. The van der Waals surface area contributed by atoms with Gasteiger partial charge in [0.2, 0.25) is 5.82 Å². The van der Waals surface area contributed by atoms with Crippen LogP contribution in [-0.4, -0.2) is 35.1 Å². The number of rotatable bonds is 4. The van der Waals surface area contributed by atoms with Crippen LogP contribution >= 0.6 is 0 Å². The molecule has 6 heteroatoms. The fourth-order valence-electron chi connectivity index (χ4n) is 2.51. The summed E-state index contributed by atoms with van der Waals surface area (Å²) in [5.41, 5.74) is 0.0951. The van der Waals surface area contributed by atoms with Crippen molar-refractivity contribution in [3.8, 4) is 0 Å². The van der Waals surface area contributed by atoms with Gasteiger partial charge in [-0.05, 0) is 18.9 Å². The maximum absolute atomic E-state index is 11.1. The summed E-state index contributed by atoms with van der Waals surface area (Å²) in [7, 11) is 0. The van der Waals surface area contributed by atoms with E-state index in [1.807, 2.05) is 0 Å². The molecule has 1 aromatic rings. The van der Waals surface area contributed by atoms with Crippen LogP contribution < -0.4 is 10.2 Å². The highest BCUT2D eigenvalue weighted by Gasteiger charge is 2.31. The minimum atomic E-state index is -0.349. The lowest BCUT2D eigenvalue weighted by Gasteiger charge is -2.40. The van der Waals surface area contributed by atoms with Gasteiger partial charge in [-0.15, -0.1) is 0 Å². The summed E-state index contributed by atoms with van der Waals surface area (Å²) in [5.74, 6) is 0.499. The third-order valence-electron chi connectivity index (χ3n) is 3.70. The van der Waals surface area contributed by atoms with E-state index in [1.165, 1.54) is 6.07 Å². The smallest absolute Gasteiger partial charge is 0.311 e. The van der Waals surface area contributed by atoms with Crippen LogP contribution in [-0.2, 0) is 0 Å². The molecule has 2 atom stereocenters. The van der Waals surface area contributed by atoms with Crippen LogP contribution in [0.2, 0.25) is 0 Å². The Labute approximate surface area is 113 Å². The number of aromatic nitrogens is 1. The number of hydrogen-bond acceptors (Lipinski definition) is 5. The zero-order valence-corrected chi connectivity index (χ0v) is 11.4. The molecule has 0 bridgehead atoms. The Morgan fingerprint density at radius 1 is 1.53 bits per heavy atom. The molecular formula is C13H20N4O2. The highest BCUT2D eigenvalue weighted by molar-refractivity contribution is 5.58. The molecule has 2 heterocycles. The zero-order valence-electron chi connectivity index (χ0n) is 11.4. The van der Waals surface area contributed by atoms with Crippen LogP contribution in [0, 0.1) is 10.1 Å². The molecule has 1 saturated heterocycles. The maximum atomic E-state index is 11.1. The summed E-state index contributed by atoms with van der Waals surface area (Å²) in [6.45, 7) is 5.84. The molecule has 0 saturated carbocycles. The average molecular weight is 264 g/mol. The van der Waals surface area contributed by atoms with Crippen LogP contribution in [0.3, 0.4) is 0 Å². The quantitative estimate of drug-likeness (QED) is 0.665. The van der Waals surface area contributed by atoms with Gasteiger partial charge in [0, 0.05) is 37.4 Å². The summed E-state index contributed by atoms with van der Waals surface area (Å²) in [5, 5.41) is 14.6. The van der Waals surface area contributed by atoms with E-state index >= 15 is 0 Å². The molecule has 1 aliphatic heterocycles. The van der Waals surface area contributed by atoms with Crippen molar-refractivity contribution in [1.29, 1.82) is 0 Å². The zero-order chi connectivity index (χ0) is 13.8. The van der Waals surface area contributed by atoms with Crippen molar-refractivity contribution in [2.75, 3.05) is 18.0 Å². The lowest BCUT2D eigenvalue weighted by Crippen LogP contribution is -2.56. The molecule has 1 N–H and O–H groups in total. The van der Waals surface area contributed by atoms with E-state index in [4.69, 9.17) is 0 Å². The Morgan fingerprint density at radius 3 is 2.95 bits per heavy atom. The first kappa shape index (κ1) is 13.7. The van der Waals surface area contributed by atoms with Crippen molar-refractivity contribution < 1.29 is 4.92 Å². The Morgan fingerprint density at radius 2 is 2.32 bits per heavy atom. The third kappa shape index (κ3) is 2.84. The van der Waals surface area contributed by atoms with E-state index < -0.39 is 0 Å². The van der Waals surface area contributed by atoms with Gasteiger partial charge in [0.25, 0.3) is 0 Å². The minimum absolute atomic E-state index is 0.0951. The summed E-state index contributed by atoms with van der Waals surface area (Å²) in [6.07, 6.45) is 3.57. The van der Waals surface area contributed by atoms with Gasteiger partial charge in [-0.25, -0.2) is 4.98 Å². The van der Waals surface area contributed by atoms with Gasteiger partial charge < -0.3 is 10.2 Å². The normalized spacial score (nSPS) is 23.4. The number of nitrogens with zero attached hydrogens (tertiary/aromatic N) is 3. The largest absolute Gasteiger partial charge is 0.345 e. The number of hydrogen-bond donors (Lipinski definition) is 1. The Hall–Kier alpha value is -1.69. The second kappa shape index (κ2) is 5.97. The van der Waals surface area contributed by atoms with Crippen molar-refractivity contribution in [3.05, 3.63) is 28.4 Å². The fourth-order valence-corrected chi connectivity index (χ4v) is 2.51. The van der Waals surface area contributed by atoms with Crippen molar-refractivity contribution in [2.24, 2.45) is 0 Å². The first-order valence-electron chi connectivity index (χ1n) is 6.76. The van der Waals surface area contributed by atoms with E-state index in [1.54, 1.807) is 12.3 Å². The van der Waals surface area contributed by atoms with Crippen LogP contribution in [0.25, 0.3) is 0 Å². The van der Waals surface area contributed by atoms with Crippen LogP contribution in [0.4, 0.5) is 11.5 Å². The highest BCUT2D eigenvalue weighted by Crippen LogP contribution is 2.28. The van der Waals surface area contributed by atoms with E-state index in [0.717, 1.165) is 25.9 Å². The monoisotopic (exact) mass is 264 g/mol. The number of anilines is 1. The summed E-state index contributed by atoms with van der Waals surface area (Å²) in [4.78, 5) is 17.1. The summed E-state index contributed by atoms with van der Waals surface area (Å²) in [6, 6.07) is 3.76. The molecule has 0 aliphatic carbocycles. The van der Waals surface area contributed by atoms with Gasteiger partial charge in [0.05, 0.1) is 4.92 Å². The van der Waals surface area contributed by atoms with Crippen molar-refractivity contribution in [3.63, 3.8) is 0 Å². The summed E-state index contributed by atoms with van der Waals surface area (Å²) < 4.78 is 0. The highest BCUT2D eigenvalue weighted by atomic mass is 16.6. The van der Waals surface area contributed by atoms with Crippen molar-refractivity contribution in [1.82, 2.24) is 10.3 Å². The molecule has 19 heavy (non-hydrogen) atoms. The van der Waals surface area contributed by atoms with E-state index in [2.05, 4.69) is 29.0 Å². The molecule has 0 radical (unpaired) electrons. The molecule has 2 rings (SSSR count). The van der Waals surface area contributed by atoms with Crippen LogP contribution in [0.15, 0.2) is 18.3 Å². The van der Waals surface area contributed by atoms with Crippen LogP contribution in [0.1, 0.15) is 26.7 Å². The van der Waals surface area contributed by atoms with E-state index in [9.17, 15) is 10.1 Å². The summed E-state index contributed by atoms with van der Waals surface area (Å²) >= 11 is 0. The standard InChI is InChI=1S/C13H20N4O2/c1-3-10-9-16(11(4-2)8-15-10)13-12(17(18)19)6-5-7-14-13/h5-7,10-11,15H,3-4,8-9H2,1-2H3. The molecule has 1 aliphatic rings. The third-order valence-corrected chi connectivity index (χ3v) is 3.70. The van der Waals surface area contributed by atoms with E-state index in [0.29, 0.717) is 11.9 Å². The first-order valence-corrected chi connectivity index (χ1v) is 6.76. The predicted octanol–water partition coefficient (Wildman–Crippen LogP) is 1.96. The number of nitro groups is 1.